The molecule has 1 amide bonds. The fourth-order valence-corrected chi connectivity index (χ4v) is 3.97. The number of fused-ring (bicyclic) bond motifs is 1. The van der Waals surface area contributed by atoms with Crippen molar-refractivity contribution >= 4 is 17.1 Å². The molecule has 0 aliphatic carbocycles. The zero-order valence-electron chi connectivity index (χ0n) is 16.5. The Hall–Kier alpha value is -2.89. The van der Waals surface area contributed by atoms with Crippen molar-refractivity contribution in [2.24, 2.45) is 13.0 Å². The van der Waals surface area contributed by atoms with Crippen LogP contribution in [0.15, 0.2) is 42.6 Å². The highest BCUT2D eigenvalue weighted by Crippen LogP contribution is 2.23. The van der Waals surface area contributed by atoms with Crippen LogP contribution in [0.3, 0.4) is 0 Å². The third-order valence-electron chi connectivity index (χ3n) is 5.59. The van der Waals surface area contributed by atoms with Gasteiger partial charge >= 0.3 is 0 Å². The normalized spacial score (nSPS) is 16.6. The number of carbonyl (C=O) groups is 1. The van der Waals surface area contributed by atoms with Crippen molar-refractivity contribution in [2.75, 3.05) is 20.2 Å². The highest BCUT2D eigenvalue weighted by molar-refractivity contribution is 5.76. The van der Waals surface area contributed by atoms with Crippen LogP contribution in [0, 0.1) is 5.92 Å². The molecule has 1 aliphatic rings. The van der Waals surface area contributed by atoms with Gasteiger partial charge in [0.25, 0.3) is 0 Å². The Morgan fingerprint density at radius 3 is 3.00 bits per heavy atom. The largest absolute Gasteiger partial charge is 0.497 e. The smallest absolute Gasteiger partial charge is 0.222 e. The van der Waals surface area contributed by atoms with Crippen LogP contribution < -0.4 is 4.74 Å². The van der Waals surface area contributed by atoms with Crippen molar-refractivity contribution in [2.45, 2.75) is 25.7 Å². The molecule has 1 fully saturated rings. The van der Waals surface area contributed by atoms with Crippen LogP contribution in [0.2, 0.25) is 0 Å². The first-order valence-electron chi connectivity index (χ1n) is 9.81. The van der Waals surface area contributed by atoms with Gasteiger partial charge in [-0.3, -0.25) is 4.79 Å². The van der Waals surface area contributed by atoms with Crippen LogP contribution in [-0.4, -0.2) is 45.5 Å². The molecule has 3 heterocycles. The molecule has 0 radical (unpaired) electrons. The predicted molar refractivity (Wildman–Crippen MR) is 108 cm³/mol. The fourth-order valence-electron chi connectivity index (χ4n) is 3.97. The molecule has 0 spiro atoms. The number of hydrogen-bond acceptors (Lipinski definition) is 4. The van der Waals surface area contributed by atoms with Crippen molar-refractivity contribution in [3.63, 3.8) is 0 Å². The average molecular weight is 378 g/mol. The number of pyridine rings is 1. The van der Waals surface area contributed by atoms with E-state index >= 15 is 0 Å². The number of amides is 1. The molecule has 3 aromatic rings. The average Bonchev–Trinajstić information content (AvgIpc) is 3.32. The summed E-state index contributed by atoms with van der Waals surface area (Å²) in [6.07, 6.45) is 4.99. The summed E-state index contributed by atoms with van der Waals surface area (Å²) < 4.78 is 7.33. The fraction of sp³-hybridized carbons (Fsp3) is 0.409. The maximum absolute atomic E-state index is 12.6. The van der Waals surface area contributed by atoms with Crippen LogP contribution in [0.4, 0.5) is 0 Å². The second kappa shape index (κ2) is 8.00. The molecule has 1 aliphatic heterocycles. The molecule has 146 valence electrons. The highest BCUT2D eigenvalue weighted by Gasteiger charge is 2.27. The molecule has 0 N–H and O–H groups in total. The van der Waals surface area contributed by atoms with Crippen molar-refractivity contribution in [3.05, 3.63) is 54.0 Å². The van der Waals surface area contributed by atoms with Gasteiger partial charge < -0.3 is 14.2 Å². The van der Waals surface area contributed by atoms with Crippen LogP contribution in [-0.2, 0) is 24.7 Å². The number of imidazole rings is 1. The highest BCUT2D eigenvalue weighted by atomic mass is 16.5. The van der Waals surface area contributed by atoms with E-state index in [4.69, 9.17) is 9.72 Å². The number of methoxy groups -OCH3 is 1. The summed E-state index contributed by atoms with van der Waals surface area (Å²) in [5, 5.41) is 0. The summed E-state index contributed by atoms with van der Waals surface area (Å²) >= 11 is 0. The molecular weight excluding hydrogens is 352 g/mol. The molecular formula is C22H26N4O2. The molecule has 0 unspecified atom stereocenters. The van der Waals surface area contributed by atoms with Gasteiger partial charge in [0.1, 0.15) is 17.1 Å². The standard InChI is InChI=1S/C22H26N4O2/c1-25-20(24-19-7-4-11-23-22(19)25)14-17-10-12-26(15-17)21(27)9-8-16-5-3-6-18(13-16)28-2/h3-7,11,13,17H,8-10,12,14-15H2,1-2H3/t17-/m0/s1. The third kappa shape index (κ3) is 3.86. The summed E-state index contributed by atoms with van der Waals surface area (Å²) in [5.41, 5.74) is 2.99. The molecule has 28 heavy (non-hydrogen) atoms. The first-order valence-corrected chi connectivity index (χ1v) is 9.81. The van der Waals surface area contributed by atoms with E-state index in [1.165, 1.54) is 0 Å². The van der Waals surface area contributed by atoms with E-state index in [0.717, 1.165) is 60.7 Å². The molecule has 1 aromatic carbocycles. The Morgan fingerprint density at radius 2 is 2.18 bits per heavy atom. The van der Waals surface area contributed by atoms with E-state index in [2.05, 4.69) is 9.55 Å². The van der Waals surface area contributed by atoms with Crippen molar-refractivity contribution < 1.29 is 9.53 Å². The summed E-state index contributed by atoms with van der Waals surface area (Å²) in [5.74, 6) is 2.57. The van der Waals surface area contributed by atoms with E-state index in [1.807, 2.05) is 48.3 Å². The third-order valence-corrected chi connectivity index (χ3v) is 5.59. The van der Waals surface area contributed by atoms with Crippen LogP contribution in [0.25, 0.3) is 11.2 Å². The van der Waals surface area contributed by atoms with E-state index in [-0.39, 0.29) is 5.91 Å². The molecule has 6 nitrogen and oxygen atoms in total. The Bertz CT molecular complexity index is 982. The minimum absolute atomic E-state index is 0.233. The van der Waals surface area contributed by atoms with Crippen molar-refractivity contribution in [1.29, 1.82) is 0 Å². The van der Waals surface area contributed by atoms with Gasteiger partial charge in [0.15, 0.2) is 5.65 Å². The lowest BCUT2D eigenvalue weighted by molar-refractivity contribution is -0.130. The lowest BCUT2D eigenvalue weighted by Crippen LogP contribution is -2.29. The Balaban J connectivity index is 1.33. The molecule has 1 atom stereocenters. The monoisotopic (exact) mass is 378 g/mol. The zero-order chi connectivity index (χ0) is 19.5. The number of hydrogen-bond donors (Lipinski definition) is 0. The zero-order valence-corrected chi connectivity index (χ0v) is 16.5. The molecule has 4 rings (SSSR count). The Morgan fingerprint density at radius 1 is 1.29 bits per heavy atom. The number of benzene rings is 1. The molecule has 1 saturated heterocycles. The van der Waals surface area contributed by atoms with Crippen LogP contribution in [0.1, 0.15) is 24.2 Å². The Labute approximate surface area is 165 Å². The topological polar surface area (TPSA) is 60.2 Å². The molecule has 0 saturated carbocycles. The molecule has 0 bridgehead atoms. The van der Waals surface area contributed by atoms with E-state index in [1.54, 1.807) is 13.3 Å². The number of ether oxygens (including phenoxy) is 1. The van der Waals surface area contributed by atoms with Gasteiger partial charge in [-0.1, -0.05) is 12.1 Å². The number of aromatic nitrogens is 3. The predicted octanol–water partition coefficient (Wildman–Crippen LogP) is 3.00. The van der Waals surface area contributed by atoms with Crippen molar-refractivity contribution in [3.8, 4) is 5.75 Å². The number of carbonyl (C=O) groups excluding carboxylic acids is 1. The van der Waals surface area contributed by atoms with Gasteiger partial charge in [0.05, 0.1) is 7.11 Å². The summed E-state index contributed by atoms with van der Waals surface area (Å²) in [6.45, 7) is 1.65. The van der Waals surface area contributed by atoms with Crippen molar-refractivity contribution in [1.82, 2.24) is 19.4 Å². The minimum Gasteiger partial charge on any atom is -0.497 e. The number of aryl methyl sites for hydroxylation is 2. The summed E-state index contributed by atoms with van der Waals surface area (Å²) in [7, 11) is 3.68. The number of likely N-dealkylation sites (tertiary alicyclic amines) is 1. The number of nitrogens with zero attached hydrogens (tertiary/aromatic N) is 4. The maximum Gasteiger partial charge on any atom is 0.222 e. The van der Waals surface area contributed by atoms with Gasteiger partial charge in [0, 0.05) is 39.2 Å². The quantitative estimate of drug-likeness (QED) is 0.662. The van der Waals surface area contributed by atoms with Gasteiger partial charge in [-0.05, 0) is 48.6 Å². The lowest BCUT2D eigenvalue weighted by atomic mass is 10.0. The van der Waals surface area contributed by atoms with Crippen LogP contribution >= 0.6 is 0 Å². The summed E-state index contributed by atoms with van der Waals surface area (Å²) in [6, 6.07) is 11.8. The van der Waals surface area contributed by atoms with E-state index < -0.39 is 0 Å². The van der Waals surface area contributed by atoms with Gasteiger partial charge in [-0.25, -0.2) is 9.97 Å². The second-order valence-corrected chi connectivity index (χ2v) is 7.48. The van der Waals surface area contributed by atoms with Gasteiger partial charge in [0.2, 0.25) is 5.91 Å². The number of rotatable bonds is 6. The molecule has 2 aromatic heterocycles. The Kier molecular flexibility index (Phi) is 5.28. The first kappa shape index (κ1) is 18.5. The van der Waals surface area contributed by atoms with E-state index in [0.29, 0.717) is 12.3 Å². The lowest BCUT2D eigenvalue weighted by Gasteiger charge is -2.16. The second-order valence-electron chi connectivity index (χ2n) is 7.48. The van der Waals surface area contributed by atoms with Crippen LogP contribution in [0.5, 0.6) is 5.75 Å². The maximum atomic E-state index is 12.6. The van der Waals surface area contributed by atoms with Gasteiger partial charge in [-0.15, -0.1) is 0 Å². The SMILES string of the molecule is COc1cccc(CCC(=O)N2CC[C@@H](Cc3nc4cccnc4n3C)C2)c1. The van der Waals surface area contributed by atoms with Gasteiger partial charge in [-0.2, -0.15) is 0 Å². The van der Waals surface area contributed by atoms with E-state index in [9.17, 15) is 4.79 Å². The minimum atomic E-state index is 0.233. The summed E-state index contributed by atoms with van der Waals surface area (Å²) in [4.78, 5) is 23.8. The molecule has 6 heteroatoms. The first-order chi connectivity index (χ1) is 13.6.